The molecule has 1 aliphatic rings. The minimum absolute atomic E-state index is 0.0478. The number of nitrogens with zero attached hydrogens (tertiary/aromatic N) is 1. The largest absolute Gasteiger partial charge is 0.507 e. The van der Waals surface area contributed by atoms with Crippen molar-refractivity contribution in [2.45, 2.75) is 39.2 Å². The Morgan fingerprint density at radius 3 is 2.48 bits per heavy atom. The number of amides is 1. The Hall–Kier alpha value is -2.51. The van der Waals surface area contributed by atoms with Crippen molar-refractivity contribution in [1.82, 2.24) is 4.90 Å². The zero-order valence-corrected chi connectivity index (χ0v) is 19.6. The lowest BCUT2D eigenvalue weighted by atomic mass is 9.97. The van der Waals surface area contributed by atoms with Crippen LogP contribution >= 0.6 is 22.9 Å². The Labute approximate surface area is 191 Å². The van der Waals surface area contributed by atoms with Crippen LogP contribution in [0.25, 0.3) is 5.76 Å². The zero-order chi connectivity index (χ0) is 22.7. The Bertz CT molecular complexity index is 1030. The van der Waals surface area contributed by atoms with Gasteiger partial charge in [-0.15, -0.1) is 11.3 Å². The van der Waals surface area contributed by atoms with Gasteiger partial charge < -0.3 is 19.5 Å². The first kappa shape index (κ1) is 23.2. The number of Topliss-reactive ketones (excluding diaryl/α,β-unsaturated/α-hetero) is 1. The first-order chi connectivity index (χ1) is 14.8. The number of carbonyl (C=O) groups excluding carboxylic acids is 2. The smallest absolute Gasteiger partial charge is 0.295 e. The van der Waals surface area contributed by atoms with Gasteiger partial charge in [0.1, 0.15) is 17.3 Å². The van der Waals surface area contributed by atoms with E-state index in [2.05, 4.69) is 6.92 Å². The number of ether oxygens (including phenoxy) is 2. The first-order valence-corrected chi connectivity index (χ1v) is 11.4. The Morgan fingerprint density at radius 1 is 1.19 bits per heavy atom. The molecule has 1 fully saturated rings. The molecule has 1 unspecified atom stereocenters. The lowest BCUT2D eigenvalue weighted by molar-refractivity contribution is -0.139. The molecule has 2 aromatic rings. The second-order valence-electron chi connectivity index (χ2n) is 7.35. The van der Waals surface area contributed by atoms with Gasteiger partial charge in [0.2, 0.25) is 0 Å². The fourth-order valence-corrected chi connectivity index (χ4v) is 5.06. The van der Waals surface area contributed by atoms with Crippen LogP contribution in [-0.4, -0.2) is 42.5 Å². The highest BCUT2D eigenvalue weighted by molar-refractivity contribution is 7.10. The van der Waals surface area contributed by atoms with Gasteiger partial charge in [0.25, 0.3) is 11.7 Å². The van der Waals surface area contributed by atoms with E-state index < -0.39 is 17.7 Å². The minimum Gasteiger partial charge on any atom is -0.507 e. The van der Waals surface area contributed by atoms with E-state index in [1.54, 1.807) is 11.0 Å². The molecule has 166 valence electrons. The maximum atomic E-state index is 13.1. The lowest BCUT2D eigenvalue weighted by Gasteiger charge is -2.25. The highest BCUT2D eigenvalue weighted by atomic mass is 35.5. The van der Waals surface area contributed by atoms with Crippen LogP contribution in [-0.2, 0) is 9.59 Å². The van der Waals surface area contributed by atoms with Gasteiger partial charge in [0, 0.05) is 17.5 Å². The summed E-state index contributed by atoms with van der Waals surface area (Å²) < 4.78 is 10.6. The molecule has 2 heterocycles. The van der Waals surface area contributed by atoms with Gasteiger partial charge in [-0.1, -0.05) is 31.4 Å². The summed E-state index contributed by atoms with van der Waals surface area (Å²) in [5.41, 5.74) is 1.24. The van der Waals surface area contributed by atoms with E-state index in [0.717, 1.165) is 29.7 Å². The number of aryl methyl sites for hydroxylation is 1. The van der Waals surface area contributed by atoms with Gasteiger partial charge in [-0.2, -0.15) is 0 Å². The predicted octanol–water partition coefficient (Wildman–Crippen LogP) is 5.34. The van der Waals surface area contributed by atoms with Crippen molar-refractivity contribution >= 4 is 40.4 Å². The normalized spacial score (nSPS) is 18.0. The molecule has 3 rings (SSSR count). The lowest BCUT2D eigenvalue weighted by Crippen LogP contribution is -2.30. The van der Waals surface area contributed by atoms with Crippen LogP contribution in [0, 0.1) is 6.92 Å². The number of carbonyl (C=O) groups is 2. The number of hydrogen-bond acceptors (Lipinski definition) is 6. The molecule has 1 atom stereocenters. The molecule has 31 heavy (non-hydrogen) atoms. The number of hydrogen-bond donors (Lipinski definition) is 1. The van der Waals surface area contributed by atoms with E-state index in [1.165, 1.54) is 31.6 Å². The monoisotopic (exact) mass is 463 g/mol. The molecular weight excluding hydrogens is 438 g/mol. The van der Waals surface area contributed by atoms with Crippen molar-refractivity contribution in [3.8, 4) is 11.5 Å². The van der Waals surface area contributed by atoms with Crippen LogP contribution in [0.2, 0.25) is 5.02 Å². The molecule has 0 spiro atoms. The van der Waals surface area contributed by atoms with E-state index in [0.29, 0.717) is 12.3 Å². The number of aliphatic hydroxyl groups excluding tert-OH is 1. The van der Waals surface area contributed by atoms with Crippen LogP contribution in [0.3, 0.4) is 0 Å². The molecule has 6 nitrogen and oxygen atoms in total. The van der Waals surface area contributed by atoms with Crippen LogP contribution in [0.5, 0.6) is 11.5 Å². The topological polar surface area (TPSA) is 76.1 Å². The number of halogens is 1. The van der Waals surface area contributed by atoms with Crippen molar-refractivity contribution in [3.05, 3.63) is 50.2 Å². The summed E-state index contributed by atoms with van der Waals surface area (Å²) in [6.45, 7) is 4.45. The van der Waals surface area contributed by atoms with E-state index >= 15 is 0 Å². The average Bonchev–Trinajstić information content (AvgIpc) is 3.28. The number of unbranched alkanes of at least 4 members (excludes halogenated alkanes) is 2. The molecule has 0 saturated carbocycles. The molecule has 1 amide bonds. The molecule has 8 heteroatoms. The summed E-state index contributed by atoms with van der Waals surface area (Å²) in [4.78, 5) is 28.5. The molecule has 1 aromatic heterocycles. The Kier molecular flexibility index (Phi) is 7.28. The number of ketones is 1. The summed E-state index contributed by atoms with van der Waals surface area (Å²) in [6.07, 6.45) is 2.72. The number of likely N-dealkylation sites (tertiary alicyclic amines) is 1. The zero-order valence-electron chi connectivity index (χ0n) is 18.0. The summed E-state index contributed by atoms with van der Waals surface area (Å²) in [5.74, 6) is -0.955. The van der Waals surface area contributed by atoms with E-state index in [9.17, 15) is 14.7 Å². The predicted molar refractivity (Wildman–Crippen MR) is 122 cm³/mol. The molecule has 1 saturated heterocycles. The number of methoxy groups -OCH3 is 2. The first-order valence-electron chi connectivity index (χ1n) is 10.1. The maximum absolute atomic E-state index is 13.1. The van der Waals surface area contributed by atoms with Crippen LogP contribution in [0.4, 0.5) is 0 Å². The summed E-state index contributed by atoms with van der Waals surface area (Å²) in [7, 11) is 2.92. The van der Waals surface area contributed by atoms with E-state index in [-0.39, 0.29) is 27.7 Å². The van der Waals surface area contributed by atoms with Crippen LogP contribution in [0.15, 0.2) is 29.2 Å². The van der Waals surface area contributed by atoms with Gasteiger partial charge in [-0.3, -0.25) is 9.59 Å². The maximum Gasteiger partial charge on any atom is 0.295 e. The number of rotatable bonds is 8. The second-order valence-corrected chi connectivity index (χ2v) is 8.71. The molecule has 1 N–H and O–H groups in total. The molecule has 0 radical (unpaired) electrons. The van der Waals surface area contributed by atoms with Gasteiger partial charge in [0.15, 0.2) is 0 Å². The molecule has 1 aromatic carbocycles. The van der Waals surface area contributed by atoms with Gasteiger partial charge in [0.05, 0.1) is 36.4 Å². The van der Waals surface area contributed by atoms with Crippen molar-refractivity contribution in [2.75, 3.05) is 20.8 Å². The minimum atomic E-state index is -0.708. The van der Waals surface area contributed by atoms with E-state index in [1.807, 2.05) is 18.4 Å². The summed E-state index contributed by atoms with van der Waals surface area (Å²) in [6, 6.07) is 4.32. The van der Waals surface area contributed by atoms with Crippen molar-refractivity contribution in [3.63, 3.8) is 0 Å². The molecular formula is C23H26ClNO5S. The Balaban J connectivity index is 2.20. The quantitative estimate of drug-likeness (QED) is 0.247. The molecule has 0 bridgehead atoms. The molecule has 1 aliphatic heterocycles. The van der Waals surface area contributed by atoms with Crippen molar-refractivity contribution in [2.24, 2.45) is 0 Å². The van der Waals surface area contributed by atoms with Gasteiger partial charge in [-0.05, 0) is 36.4 Å². The number of benzene rings is 1. The summed E-state index contributed by atoms with van der Waals surface area (Å²) in [5, 5.41) is 13.4. The summed E-state index contributed by atoms with van der Waals surface area (Å²) >= 11 is 7.73. The fourth-order valence-electron chi connectivity index (χ4n) is 3.77. The standard InChI is InChI=1S/C23H26ClNO5S/c1-5-6-7-9-25-19(22-13(2)8-10-31-22)18(21(27)23(25)28)20(26)14-11-15(24)17(30-4)12-16(14)29-3/h8,10-12,19,26H,5-7,9H2,1-4H3/b20-18+. The third-order valence-corrected chi connectivity index (χ3v) is 6.79. The van der Waals surface area contributed by atoms with Crippen LogP contribution < -0.4 is 9.47 Å². The van der Waals surface area contributed by atoms with Crippen molar-refractivity contribution in [1.29, 1.82) is 0 Å². The molecule has 0 aliphatic carbocycles. The van der Waals surface area contributed by atoms with E-state index in [4.69, 9.17) is 21.1 Å². The highest BCUT2D eigenvalue weighted by Gasteiger charge is 2.47. The third-order valence-electron chi connectivity index (χ3n) is 5.42. The van der Waals surface area contributed by atoms with Gasteiger partial charge >= 0.3 is 0 Å². The average molecular weight is 464 g/mol. The SMILES string of the molecule is CCCCCN1C(=O)C(=O)/C(=C(/O)c2cc(Cl)c(OC)cc2OC)C1c1sccc1C. The van der Waals surface area contributed by atoms with Gasteiger partial charge in [-0.25, -0.2) is 0 Å². The highest BCUT2D eigenvalue weighted by Crippen LogP contribution is 2.45. The fraction of sp³-hybridized carbons (Fsp3) is 0.391. The van der Waals surface area contributed by atoms with Crippen molar-refractivity contribution < 1.29 is 24.2 Å². The number of thiophene rings is 1. The second kappa shape index (κ2) is 9.75. The number of aliphatic hydroxyl groups is 1. The van der Waals surface area contributed by atoms with Crippen LogP contribution in [0.1, 0.15) is 48.2 Å². The Morgan fingerprint density at radius 2 is 1.90 bits per heavy atom. The third kappa shape index (κ3) is 4.29.